The zero-order valence-electron chi connectivity index (χ0n) is 9.16. The highest BCUT2D eigenvalue weighted by molar-refractivity contribution is 4.77. The van der Waals surface area contributed by atoms with Crippen molar-refractivity contribution in [1.82, 2.24) is 9.80 Å². The predicted octanol–water partition coefficient (Wildman–Crippen LogP) is 0.360. The van der Waals surface area contributed by atoms with E-state index in [1.54, 1.807) is 0 Å². The second-order valence-electron chi connectivity index (χ2n) is 4.45. The maximum Gasteiger partial charge on any atom is 0.0139 e. The van der Waals surface area contributed by atoms with Gasteiger partial charge in [-0.05, 0) is 47.0 Å². The number of likely N-dealkylation sites (N-methyl/N-ethyl adjacent to an activating group) is 1. The molecular formula is C10H23N3. The lowest BCUT2D eigenvalue weighted by molar-refractivity contribution is 0.140. The van der Waals surface area contributed by atoms with Gasteiger partial charge in [0.25, 0.3) is 0 Å². The van der Waals surface area contributed by atoms with Crippen LogP contribution in [0.1, 0.15) is 19.8 Å². The quantitative estimate of drug-likeness (QED) is 0.689. The summed E-state index contributed by atoms with van der Waals surface area (Å²) in [7, 11) is 4.39. The molecule has 0 aromatic heterocycles. The summed E-state index contributed by atoms with van der Waals surface area (Å²) in [6.07, 6.45) is 2.58. The number of nitrogens with two attached hydrogens (primary N) is 1. The Hall–Kier alpha value is -0.120. The maximum atomic E-state index is 5.78. The third-order valence-electron chi connectivity index (χ3n) is 2.89. The van der Waals surface area contributed by atoms with E-state index < -0.39 is 0 Å². The van der Waals surface area contributed by atoms with Crippen LogP contribution in [-0.4, -0.2) is 55.6 Å². The third kappa shape index (κ3) is 3.63. The summed E-state index contributed by atoms with van der Waals surface area (Å²) in [5, 5.41) is 0. The van der Waals surface area contributed by atoms with Crippen LogP contribution in [0.15, 0.2) is 0 Å². The molecule has 1 unspecified atom stereocenters. The van der Waals surface area contributed by atoms with Crippen molar-refractivity contribution in [3.8, 4) is 0 Å². The van der Waals surface area contributed by atoms with Gasteiger partial charge in [-0.2, -0.15) is 0 Å². The van der Waals surface area contributed by atoms with Crippen molar-refractivity contribution in [3.05, 3.63) is 0 Å². The molecule has 1 saturated heterocycles. The molecular weight excluding hydrogens is 162 g/mol. The van der Waals surface area contributed by atoms with Crippen LogP contribution < -0.4 is 5.73 Å². The molecule has 78 valence electrons. The van der Waals surface area contributed by atoms with E-state index in [0.717, 1.165) is 12.6 Å². The molecule has 1 aliphatic rings. The van der Waals surface area contributed by atoms with E-state index in [2.05, 4.69) is 30.8 Å². The fraction of sp³-hybridized carbons (Fsp3) is 1.00. The first kappa shape index (κ1) is 11.0. The Morgan fingerprint density at radius 3 is 2.46 bits per heavy atom. The molecule has 1 rings (SSSR count). The number of hydrogen-bond donors (Lipinski definition) is 1. The van der Waals surface area contributed by atoms with Gasteiger partial charge in [0.1, 0.15) is 0 Å². The van der Waals surface area contributed by atoms with Crippen LogP contribution in [0.4, 0.5) is 0 Å². The Bertz CT molecular complexity index is 139. The topological polar surface area (TPSA) is 32.5 Å². The Morgan fingerprint density at radius 1 is 1.46 bits per heavy atom. The molecule has 0 radical (unpaired) electrons. The minimum absolute atomic E-state index is 0.296. The number of likely N-dealkylation sites (tertiary alicyclic amines) is 1. The van der Waals surface area contributed by atoms with Gasteiger partial charge in [0, 0.05) is 18.6 Å². The van der Waals surface area contributed by atoms with Crippen molar-refractivity contribution in [2.45, 2.75) is 31.8 Å². The van der Waals surface area contributed by atoms with Gasteiger partial charge in [0.2, 0.25) is 0 Å². The summed E-state index contributed by atoms with van der Waals surface area (Å²) < 4.78 is 0. The lowest BCUT2D eigenvalue weighted by Crippen LogP contribution is -2.45. The van der Waals surface area contributed by atoms with E-state index >= 15 is 0 Å². The largest absolute Gasteiger partial charge is 0.327 e. The van der Waals surface area contributed by atoms with Crippen molar-refractivity contribution < 1.29 is 0 Å². The molecule has 1 fully saturated rings. The molecule has 0 amide bonds. The lowest BCUT2D eigenvalue weighted by Gasteiger charge is -2.35. The van der Waals surface area contributed by atoms with Gasteiger partial charge in [-0.1, -0.05) is 0 Å². The van der Waals surface area contributed by atoms with Gasteiger partial charge in [0.15, 0.2) is 0 Å². The first-order valence-electron chi connectivity index (χ1n) is 5.24. The average molecular weight is 185 g/mol. The number of nitrogens with zero attached hydrogens (tertiary/aromatic N) is 2. The first-order chi connectivity index (χ1) is 6.09. The van der Waals surface area contributed by atoms with E-state index in [1.807, 2.05) is 0 Å². The zero-order valence-corrected chi connectivity index (χ0v) is 9.16. The Labute approximate surface area is 81.9 Å². The molecule has 0 saturated carbocycles. The lowest BCUT2D eigenvalue weighted by atomic mass is 10.0. The number of piperidine rings is 1. The van der Waals surface area contributed by atoms with Gasteiger partial charge in [-0.25, -0.2) is 0 Å². The van der Waals surface area contributed by atoms with Gasteiger partial charge in [0.05, 0.1) is 0 Å². The molecule has 13 heavy (non-hydrogen) atoms. The second kappa shape index (κ2) is 4.94. The van der Waals surface area contributed by atoms with Gasteiger partial charge >= 0.3 is 0 Å². The number of hydrogen-bond acceptors (Lipinski definition) is 3. The molecule has 0 spiro atoms. The highest BCUT2D eigenvalue weighted by Gasteiger charge is 2.20. The molecule has 2 N–H and O–H groups in total. The van der Waals surface area contributed by atoms with E-state index in [1.165, 1.54) is 25.9 Å². The van der Waals surface area contributed by atoms with Crippen LogP contribution in [0, 0.1) is 0 Å². The summed E-state index contributed by atoms with van der Waals surface area (Å²) in [5.41, 5.74) is 5.78. The van der Waals surface area contributed by atoms with Crippen molar-refractivity contribution >= 4 is 0 Å². The summed E-state index contributed by atoms with van der Waals surface area (Å²) in [4.78, 5) is 4.81. The maximum absolute atomic E-state index is 5.78. The van der Waals surface area contributed by atoms with Crippen LogP contribution in [0.2, 0.25) is 0 Å². The molecule has 0 aromatic rings. The van der Waals surface area contributed by atoms with Crippen LogP contribution in [0.3, 0.4) is 0 Å². The monoisotopic (exact) mass is 185 g/mol. The summed E-state index contributed by atoms with van der Waals surface area (Å²) in [5.74, 6) is 0. The van der Waals surface area contributed by atoms with Crippen molar-refractivity contribution in [1.29, 1.82) is 0 Å². The molecule has 1 atom stereocenters. The Balaban J connectivity index is 2.27. The second-order valence-corrected chi connectivity index (χ2v) is 4.45. The van der Waals surface area contributed by atoms with Crippen LogP contribution >= 0.6 is 0 Å². The van der Waals surface area contributed by atoms with Crippen LogP contribution in [-0.2, 0) is 0 Å². The van der Waals surface area contributed by atoms with Crippen LogP contribution in [0.5, 0.6) is 0 Å². The van der Waals surface area contributed by atoms with Crippen LogP contribution in [0.25, 0.3) is 0 Å². The molecule has 1 aliphatic heterocycles. The van der Waals surface area contributed by atoms with Crippen molar-refractivity contribution in [2.24, 2.45) is 5.73 Å². The van der Waals surface area contributed by atoms with E-state index in [0.29, 0.717) is 6.04 Å². The summed E-state index contributed by atoms with van der Waals surface area (Å²) in [6, 6.07) is 1.05. The Kier molecular flexibility index (Phi) is 4.16. The van der Waals surface area contributed by atoms with Gasteiger partial charge < -0.3 is 15.5 Å². The average Bonchev–Trinajstić information content (AvgIpc) is 2.04. The molecule has 3 heteroatoms. The predicted molar refractivity (Wildman–Crippen MR) is 56.8 cm³/mol. The van der Waals surface area contributed by atoms with E-state index in [-0.39, 0.29) is 0 Å². The van der Waals surface area contributed by atoms with E-state index in [9.17, 15) is 0 Å². The fourth-order valence-corrected chi connectivity index (χ4v) is 2.04. The van der Waals surface area contributed by atoms with Crippen molar-refractivity contribution in [3.63, 3.8) is 0 Å². The van der Waals surface area contributed by atoms with Crippen molar-refractivity contribution in [2.75, 3.05) is 33.7 Å². The fourth-order valence-electron chi connectivity index (χ4n) is 2.04. The highest BCUT2D eigenvalue weighted by Crippen LogP contribution is 2.13. The van der Waals surface area contributed by atoms with E-state index in [4.69, 9.17) is 5.73 Å². The molecule has 0 aromatic carbocycles. The SMILES string of the molecule is CC(N)CN(C)C1CCN(C)CC1. The first-order valence-corrected chi connectivity index (χ1v) is 5.24. The normalized spacial score (nSPS) is 23.8. The smallest absolute Gasteiger partial charge is 0.0139 e. The standard InChI is InChI=1S/C10H23N3/c1-9(11)8-13(3)10-4-6-12(2)7-5-10/h9-10H,4-8,11H2,1-3H3. The highest BCUT2D eigenvalue weighted by atomic mass is 15.2. The molecule has 3 nitrogen and oxygen atoms in total. The molecule has 0 bridgehead atoms. The Morgan fingerprint density at radius 2 is 2.00 bits per heavy atom. The molecule has 0 aliphatic carbocycles. The van der Waals surface area contributed by atoms with Gasteiger partial charge in [-0.3, -0.25) is 0 Å². The molecule has 1 heterocycles. The summed E-state index contributed by atoms with van der Waals surface area (Å²) in [6.45, 7) is 5.56. The van der Waals surface area contributed by atoms with Gasteiger partial charge in [-0.15, -0.1) is 0 Å². The minimum Gasteiger partial charge on any atom is -0.327 e. The minimum atomic E-state index is 0.296. The zero-order chi connectivity index (χ0) is 9.84. The summed E-state index contributed by atoms with van der Waals surface area (Å²) >= 11 is 0. The third-order valence-corrected chi connectivity index (χ3v) is 2.89. The number of rotatable bonds is 3.